The predicted octanol–water partition coefficient (Wildman–Crippen LogP) is 2.55. The molecule has 1 aromatic heterocycles. The summed E-state index contributed by atoms with van der Waals surface area (Å²) in [5.41, 5.74) is 7.02. The van der Waals surface area contributed by atoms with Crippen LogP contribution in [-0.4, -0.2) is 34.0 Å². The molecule has 2 aromatic rings. The largest absolute Gasteiger partial charge is 0.398 e. The van der Waals surface area contributed by atoms with Gasteiger partial charge in [0.15, 0.2) is 5.82 Å². The molecule has 2 N–H and O–H groups in total. The molecular weight excluding hydrogens is 292 g/mol. The van der Waals surface area contributed by atoms with Gasteiger partial charge in [0.25, 0.3) is 5.91 Å². The maximum atomic E-state index is 12.7. The van der Waals surface area contributed by atoms with Gasteiger partial charge in [0.2, 0.25) is 5.89 Å². The molecule has 1 aromatic carbocycles. The molecule has 4 rings (SSSR count). The SMILES string of the molecule is Nc1ccccc1C(=O)N1CCCC(c2noc(C3CC3)n2)C1. The summed E-state index contributed by atoms with van der Waals surface area (Å²) >= 11 is 0. The monoisotopic (exact) mass is 312 g/mol. The van der Waals surface area contributed by atoms with Crippen LogP contribution in [-0.2, 0) is 0 Å². The molecule has 1 unspecified atom stereocenters. The lowest BCUT2D eigenvalue weighted by molar-refractivity contribution is 0.0704. The number of amides is 1. The van der Waals surface area contributed by atoms with E-state index >= 15 is 0 Å². The van der Waals surface area contributed by atoms with E-state index in [1.165, 1.54) is 0 Å². The van der Waals surface area contributed by atoms with Gasteiger partial charge in [-0.3, -0.25) is 4.79 Å². The Morgan fingerprint density at radius 3 is 2.83 bits per heavy atom. The van der Waals surface area contributed by atoms with E-state index in [1.54, 1.807) is 12.1 Å². The number of piperidine rings is 1. The minimum Gasteiger partial charge on any atom is -0.398 e. The Kier molecular flexibility index (Phi) is 3.52. The summed E-state index contributed by atoms with van der Waals surface area (Å²) in [5, 5.41) is 4.14. The summed E-state index contributed by atoms with van der Waals surface area (Å²) in [6, 6.07) is 7.21. The maximum Gasteiger partial charge on any atom is 0.255 e. The Labute approximate surface area is 134 Å². The van der Waals surface area contributed by atoms with E-state index in [1.807, 2.05) is 17.0 Å². The number of nitrogens with zero attached hydrogens (tertiary/aromatic N) is 3. The van der Waals surface area contributed by atoms with Crippen LogP contribution in [0.4, 0.5) is 5.69 Å². The number of carbonyl (C=O) groups excluding carboxylic acids is 1. The van der Waals surface area contributed by atoms with Gasteiger partial charge in [0, 0.05) is 30.6 Å². The van der Waals surface area contributed by atoms with Crippen LogP contribution in [0.2, 0.25) is 0 Å². The van der Waals surface area contributed by atoms with Gasteiger partial charge in [-0.2, -0.15) is 4.98 Å². The lowest BCUT2D eigenvalue weighted by Gasteiger charge is -2.31. The first-order valence-corrected chi connectivity index (χ1v) is 8.19. The Hall–Kier alpha value is -2.37. The van der Waals surface area contributed by atoms with E-state index in [0.717, 1.165) is 43.9 Å². The van der Waals surface area contributed by atoms with E-state index in [-0.39, 0.29) is 11.8 Å². The molecular formula is C17H20N4O2. The average Bonchev–Trinajstić information content (AvgIpc) is 3.32. The Morgan fingerprint density at radius 2 is 2.04 bits per heavy atom. The topological polar surface area (TPSA) is 85.3 Å². The van der Waals surface area contributed by atoms with Gasteiger partial charge in [-0.25, -0.2) is 0 Å². The zero-order valence-corrected chi connectivity index (χ0v) is 12.9. The predicted molar refractivity (Wildman–Crippen MR) is 85.0 cm³/mol. The number of benzene rings is 1. The zero-order chi connectivity index (χ0) is 15.8. The number of anilines is 1. The molecule has 0 spiro atoms. The van der Waals surface area contributed by atoms with Gasteiger partial charge in [0.05, 0.1) is 5.56 Å². The second-order valence-corrected chi connectivity index (χ2v) is 6.44. The minimum atomic E-state index is -0.0151. The van der Waals surface area contributed by atoms with Crippen molar-refractivity contribution in [3.8, 4) is 0 Å². The van der Waals surface area contributed by atoms with Crippen molar-refractivity contribution in [3.05, 3.63) is 41.5 Å². The van der Waals surface area contributed by atoms with Crippen molar-refractivity contribution in [1.82, 2.24) is 15.0 Å². The fourth-order valence-corrected chi connectivity index (χ4v) is 3.14. The smallest absolute Gasteiger partial charge is 0.255 e. The standard InChI is InChI=1S/C17H20N4O2/c18-14-6-2-1-5-13(14)17(22)21-9-3-4-12(10-21)15-19-16(23-20-15)11-7-8-11/h1-2,5-6,11-12H,3-4,7-10,18H2. The van der Waals surface area contributed by atoms with Crippen LogP contribution in [0, 0.1) is 0 Å². The van der Waals surface area contributed by atoms with Crippen molar-refractivity contribution < 1.29 is 9.32 Å². The highest BCUT2D eigenvalue weighted by atomic mass is 16.5. The summed E-state index contributed by atoms with van der Waals surface area (Å²) in [6.45, 7) is 1.37. The quantitative estimate of drug-likeness (QED) is 0.880. The van der Waals surface area contributed by atoms with Crippen LogP contribution in [0.1, 0.15) is 59.6 Å². The molecule has 1 atom stereocenters. The number of hydrogen-bond donors (Lipinski definition) is 1. The second kappa shape index (κ2) is 5.68. The van der Waals surface area contributed by atoms with Gasteiger partial charge in [0.1, 0.15) is 0 Å². The number of para-hydroxylation sites is 1. The van der Waals surface area contributed by atoms with Crippen LogP contribution in [0.5, 0.6) is 0 Å². The number of nitrogen functional groups attached to an aromatic ring is 1. The Bertz CT molecular complexity index is 723. The van der Waals surface area contributed by atoms with Crippen molar-refractivity contribution in [1.29, 1.82) is 0 Å². The molecule has 1 amide bonds. The number of hydrogen-bond acceptors (Lipinski definition) is 5. The maximum absolute atomic E-state index is 12.7. The van der Waals surface area contributed by atoms with Gasteiger partial charge in [-0.05, 0) is 37.8 Å². The molecule has 2 aliphatic rings. The van der Waals surface area contributed by atoms with Gasteiger partial charge < -0.3 is 15.2 Å². The average molecular weight is 312 g/mol. The van der Waals surface area contributed by atoms with E-state index in [9.17, 15) is 4.79 Å². The van der Waals surface area contributed by atoms with Gasteiger partial charge >= 0.3 is 0 Å². The molecule has 1 aliphatic heterocycles. The number of aromatic nitrogens is 2. The Balaban J connectivity index is 1.50. The Morgan fingerprint density at radius 1 is 1.22 bits per heavy atom. The molecule has 23 heavy (non-hydrogen) atoms. The van der Waals surface area contributed by atoms with Crippen molar-refractivity contribution in [2.45, 2.75) is 37.5 Å². The molecule has 6 nitrogen and oxygen atoms in total. The third-order valence-electron chi connectivity index (χ3n) is 4.65. The molecule has 0 bridgehead atoms. The van der Waals surface area contributed by atoms with E-state index < -0.39 is 0 Å². The van der Waals surface area contributed by atoms with Gasteiger partial charge in [-0.1, -0.05) is 17.3 Å². The number of likely N-dealkylation sites (tertiary alicyclic amines) is 1. The summed E-state index contributed by atoms with van der Waals surface area (Å²) in [7, 11) is 0. The van der Waals surface area contributed by atoms with Crippen LogP contribution in [0.25, 0.3) is 0 Å². The van der Waals surface area contributed by atoms with Crippen LogP contribution < -0.4 is 5.73 Å². The minimum absolute atomic E-state index is 0.0151. The van der Waals surface area contributed by atoms with Crippen LogP contribution >= 0.6 is 0 Å². The van der Waals surface area contributed by atoms with Crippen molar-refractivity contribution >= 4 is 11.6 Å². The first-order valence-electron chi connectivity index (χ1n) is 8.19. The first-order chi connectivity index (χ1) is 11.2. The number of rotatable bonds is 3. The molecule has 1 saturated heterocycles. The molecule has 1 aliphatic carbocycles. The van der Waals surface area contributed by atoms with Crippen molar-refractivity contribution in [2.24, 2.45) is 0 Å². The lowest BCUT2D eigenvalue weighted by Crippen LogP contribution is -2.39. The van der Waals surface area contributed by atoms with Crippen molar-refractivity contribution in [2.75, 3.05) is 18.8 Å². The normalized spacial score (nSPS) is 21.4. The molecule has 120 valence electrons. The summed E-state index contributed by atoms with van der Waals surface area (Å²) in [5.74, 6) is 2.09. The number of nitrogens with two attached hydrogens (primary N) is 1. The third-order valence-corrected chi connectivity index (χ3v) is 4.65. The summed E-state index contributed by atoms with van der Waals surface area (Å²) in [4.78, 5) is 19.1. The second-order valence-electron chi connectivity index (χ2n) is 6.44. The zero-order valence-electron chi connectivity index (χ0n) is 12.9. The van der Waals surface area contributed by atoms with E-state index in [2.05, 4.69) is 10.1 Å². The third kappa shape index (κ3) is 2.81. The number of carbonyl (C=O) groups is 1. The highest BCUT2D eigenvalue weighted by Crippen LogP contribution is 2.39. The van der Waals surface area contributed by atoms with E-state index in [4.69, 9.17) is 10.3 Å². The molecule has 2 heterocycles. The van der Waals surface area contributed by atoms with Crippen LogP contribution in [0.15, 0.2) is 28.8 Å². The fourth-order valence-electron chi connectivity index (χ4n) is 3.14. The molecule has 2 fully saturated rings. The summed E-state index contributed by atoms with van der Waals surface area (Å²) in [6.07, 6.45) is 4.21. The highest BCUT2D eigenvalue weighted by Gasteiger charge is 2.33. The van der Waals surface area contributed by atoms with Crippen LogP contribution in [0.3, 0.4) is 0 Å². The highest BCUT2D eigenvalue weighted by molar-refractivity contribution is 5.99. The summed E-state index contributed by atoms with van der Waals surface area (Å²) < 4.78 is 5.36. The van der Waals surface area contributed by atoms with Gasteiger partial charge in [-0.15, -0.1) is 0 Å². The van der Waals surface area contributed by atoms with E-state index in [0.29, 0.717) is 23.7 Å². The fraction of sp³-hybridized carbons (Fsp3) is 0.471. The first kappa shape index (κ1) is 14.2. The molecule has 0 radical (unpaired) electrons. The lowest BCUT2D eigenvalue weighted by atomic mass is 9.96. The molecule has 1 saturated carbocycles. The van der Waals surface area contributed by atoms with Crippen molar-refractivity contribution in [3.63, 3.8) is 0 Å². The molecule has 6 heteroatoms.